The predicted molar refractivity (Wildman–Crippen MR) is 223 cm³/mol. The molecule has 0 radical (unpaired) electrons. The van der Waals surface area contributed by atoms with Crippen LogP contribution in [0.2, 0.25) is 10.0 Å². The van der Waals surface area contributed by atoms with Crippen LogP contribution in [-0.4, -0.2) is 59.8 Å². The lowest BCUT2D eigenvalue weighted by Gasteiger charge is -2.34. The van der Waals surface area contributed by atoms with Gasteiger partial charge in [-0.25, -0.2) is 4.98 Å². The Morgan fingerprint density at radius 3 is 2.36 bits per heavy atom. The number of carbonyl (C=O) groups excluding carboxylic acids is 1. The van der Waals surface area contributed by atoms with Gasteiger partial charge in [-0.15, -0.1) is 0 Å². The van der Waals surface area contributed by atoms with Gasteiger partial charge in [-0.3, -0.25) is 14.2 Å². The van der Waals surface area contributed by atoms with Crippen LogP contribution >= 0.6 is 23.2 Å². The fourth-order valence-corrected chi connectivity index (χ4v) is 8.81. The molecule has 4 aromatic heterocycles. The van der Waals surface area contributed by atoms with Gasteiger partial charge >= 0.3 is 0 Å². The smallest absolute Gasteiger partial charge is 0.275 e. The maximum Gasteiger partial charge on any atom is 0.275 e. The number of methoxy groups -OCH3 is 1. The molecule has 56 heavy (non-hydrogen) atoms. The van der Waals surface area contributed by atoms with Gasteiger partial charge in [0.2, 0.25) is 0 Å². The molecular formula is C43H46Cl2N8O3. The second-order valence-electron chi connectivity index (χ2n) is 15.0. The molecular weight excluding hydrogens is 747 g/mol. The molecule has 13 heteroatoms. The van der Waals surface area contributed by atoms with Crippen molar-refractivity contribution in [2.24, 2.45) is 21.1 Å². The van der Waals surface area contributed by atoms with Crippen LogP contribution in [0.3, 0.4) is 0 Å². The second kappa shape index (κ2) is 14.4. The zero-order valence-electron chi connectivity index (χ0n) is 33.3. The zero-order chi connectivity index (χ0) is 39.7. The quantitative estimate of drug-likeness (QED) is 0.128. The van der Waals surface area contributed by atoms with Crippen LogP contribution in [0.15, 0.2) is 48.7 Å². The van der Waals surface area contributed by atoms with E-state index in [1.807, 2.05) is 82.0 Å². The molecule has 11 nitrogen and oxygen atoms in total. The zero-order valence-corrected chi connectivity index (χ0v) is 34.8. The number of anilines is 1. The van der Waals surface area contributed by atoms with Crippen molar-refractivity contribution in [3.05, 3.63) is 98.3 Å². The Labute approximate surface area is 336 Å². The highest BCUT2D eigenvalue weighted by Gasteiger charge is 2.37. The predicted octanol–water partition coefficient (Wildman–Crippen LogP) is 9.25. The minimum Gasteiger partial charge on any atom is -0.494 e. The van der Waals surface area contributed by atoms with E-state index in [1.54, 1.807) is 11.8 Å². The maximum atomic E-state index is 15.3. The number of carbonyl (C=O) groups is 1. The van der Waals surface area contributed by atoms with Crippen LogP contribution in [0.1, 0.15) is 63.8 Å². The Morgan fingerprint density at radius 1 is 0.911 bits per heavy atom. The van der Waals surface area contributed by atoms with Crippen molar-refractivity contribution in [1.29, 1.82) is 0 Å². The topological polar surface area (TPSA) is 97.2 Å². The highest BCUT2D eigenvalue weighted by atomic mass is 35.5. The molecule has 8 rings (SSSR count). The van der Waals surface area contributed by atoms with Gasteiger partial charge in [-0.05, 0) is 101 Å². The minimum absolute atomic E-state index is 0.0582. The molecule has 3 aromatic carbocycles. The number of hydrogen-bond acceptors (Lipinski definition) is 6. The number of hydrogen-bond donors (Lipinski definition) is 0. The summed E-state index contributed by atoms with van der Waals surface area (Å²) in [4.78, 5) is 22.0. The molecule has 0 saturated carbocycles. The number of ether oxygens (including phenoxy) is 2. The summed E-state index contributed by atoms with van der Waals surface area (Å²) in [5.74, 6) is 2.06. The summed E-state index contributed by atoms with van der Waals surface area (Å²) in [5.41, 5.74) is 11.1. The van der Waals surface area contributed by atoms with Crippen LogP contribution in [0.25, 0.3) is 44.3 Å². The molecule has 0 bridgehead atoms. The first-order valence-corrected chi connectivity index (χ1v) is 19.6. The average Bonchev–Trinajstić information content (AvgIpc) is 3.87. The van der Waals surface area contributed by atoms with E-state index in [4.69, 9.17) is 42.8 Å². The molecule has 1 amide bonds. The van der Waals surface area contributed by atoms with Gasteiger partial charge in [0.05, 0.1) is 28.5 Å². The molecule has 0 spiro atoms. The molecule has 7 aromatic rings. The van der Waals surface area contributed by atoms with Crippen LogP contribution in [0.4, 0.5) is 5.69 Å². The van der Waals surface area contributed by atoms with Crippen LogP contribution < -0.4 is 9.64 Å². The standard InChI is InChI=1S/C43H46Cl2N8O3/c1-23-17-29(18-24(2)39(23)45)56-16-10-11-30-31-13-14-33(44)38(37-26(4)47-50(7)27(37)5)40(31)53-25(3)20-52(43(54)41(30)53)35-21-49(6)34-15-12-28(19-32(34)35)42-46-36(22-55-9)51(8)48-42/h12-15,17-19,21,25H,10-11,16,20,22H2,1-9H3. The molecule has 0 saturated heterocycles. The first-order chi connectivity index (χ1) is 26.8. The summed E-state index contributed by atoms with van der Waals surface area (Å²) < 4.78 is 19.5. The Balaban J connectivity index is 1.25. The van der Waals surface area contributed by atoms with Gasteiger partial charge in [0, 0.05) is 90.7 Å². The minimum atomic E-state index is -0.0859. The number of aromatic nitrogens is 7. The first-order valence-electron chi connectivity index (χ1n) is 18.8. The van der Waals surface area contributed by atoms with Crippen molar-refractivity contribution in [3.8, 4) is 28.3 Å². The van der Waals surface area contributed by atoms with Gasteiger partial charge in [-0.2, -0.15) is 10.2 Å². The monoisotopic (exact) mass is 792 g/mol. The van der Waals surface area contributed by atoms with E-state index in [1.165, 1.54) is 0 Å². The van der Waals surface area contributed by atoms with Crippen molar-refractivity contribution in [1.82, 2.24) is 33.7 Å². The van der Waals surface area contributed by atoms with Crippen LogP contribution in [-0.2, 0) is 38.9 Å². The number of benzene rings is 3. The molecule has 1 unspecified atom stereocenters. The molecule has 0 fully saturated rings. The molecule has 290 valence electrons. The second-order valence-corrected chi connectivity index (χ2v) is 15.8. The number of amides is 1. The number of halogens is 2. The van der Waals surface area contributed by atoms with Crippen molar-refractivity contribution in [3.63, 3.8) is 0 Å². The first kappa shape index (κ1) is 37.8. The Morgan fingerprint density at radius 2 is 1.66 bits per heavy atom. The Kier molecular flexibility index (Phi) is 9.75. The summed E-state index contributed by atoms with van der Waals surface area (Å²) in [6.07, 6.45) is 3.36. The molecule has 0 aliphatic carbocycles. The van der Waals surface area contributed by atoms with Crippen LogP contribution in [0, 0.1) is 27.7 Å². The highest BCUT2D eigenvalue weighted by Crippen LogP contribution is 2.46. The van der Waals surface area contributed by atoms with E-state index in [0.717, 1.165) is 88.9 Å². The maximum absolute atomic E-state index is 15.3. The average molecular weight is 794 g/mol. The lowest BCUT2D eigenvalue weighted by atomic mass is 9.98. The van der Waals surface area contributed by atoms with Crippen LogP contribution in [0.5, 0.6) is 5.75 Å². The third-order valence-electron chi connectivity index (χ3n) is 11.2. The summed E-state index contributed by atoms with van der Waals surface area (Å²) in [6, 6.07) is 14.1. The number of nitrogens with zero attached hydrogens (tertiary/aromatic N) is 8. The molecule has 5 heterocycles. The fourth-order valence-electron chi connectivity index (χ4n) is 8.46. The van der Waals surface area contributed by atoms with Crippen molar-refractivity contribution < 1.29 is 14.3 Å². The molecule has 0 N–H and O–H groups in total. The molecule has 1 atom stereocenters. The Hall–Kier alpha value is -5.10. The van der Waals surface area contributed by atoms with Gasteiger partial charge in [0.1, 0.15) is 18.1 Å². The van der Waals surface area contributed by atoms with E-state index >= 15 is 4.79 Å². The summed E-state index contributed by atoms with van der Waals surface area (Å²) in [7, 11) is 7.47. The van der Waals surface area contributed by atoms with E-state index in [2.05, 4.69) is 46.3 Å². The van der Waals surface area contributed by atoms with Gasteiger partial charge in [0.25, 0.3) is 5.91 Å². The third-order valence-corrected chi connectivity index (χ3v) is 12.1. The third kappa shape index (κ3) is 6.17. The summed E-state index contributed by atoms with van der Waals surface area (Å²) in [5, 5.41) is 12.8. The van der Waals surface area contributed by atoms with Gasteiger partial charge < -0.3 is 23.5 Å². The van der Waals surface area contributed by atoms with Crippen molar-refractivity contribution in [2.75, 3.05) is 25.2 Å². The number of rotatable bonds is 10. The lowest BCUT2D eigenvalue weighted by molar-refractivity contribution is 0.0957. The van der Waals surface area contributed by atoms with E-state index in [9.17, 15) is 0 Å². The number of aryl methyl sites for hydroxylation is 7. The summed E-state index contributed by atoms with van der Waals surface area (Å²) >= 11 is 13.6. The van der Waals surface area contributed by atoms with E-state index in [0.29, 0.717) is 49.1 Å². The number of fused-ring (bicyclic) bond motifs is 4. The molecule has 1 aliphatic heterocycles. The van der Waals surface area contributed by atoms with E-state index < -0.39 is 0 Å². The lowest BCUT2D eigenvalue weighted by Crippen LogP contribution is -2.42. The SMILES string of the molecule is COCc1nc(-c2ccc3c(c2)c(N2CC(C)n4c(c(CCCOc5cc(C)c(Cl)c(C)c5)c5ccc(Cl)c(-c6c(C)nn(C)c6C)c54)C2=O)cn3C)nn1C. The fraction of sp³-hybridized carbons (Fsp3) is 0.349. The van der Waals surface area contributed by atoms with E-state index in [-0.39, 0.29) is 11.9 Å². The Bertz CT molecular complexity index is 2680. The summed E-state index contributed by atoms with van der Waals surface area (Å²) in [6.45, 7) is 11.5. The normalized spacial score (nSPS) is 14.4. The van der Waals surface area contributed by atoms with Crippen molar-refractivity contribution in [2.45, 2.75) is 60.1 Å². The van der Waals surface area contributed by atoms with Crippen molar-refractivity contribution >= 4 is 56.6 Å². The highest BCUT2D eigenvalue weighted by molar-refractivity contribution is 6.35. The van der Waals surface area contributed by atoms with Gasteiger partial charge in [0.15, 0.2) is 11.6 Å². The van der Waals surface area contributed by atoms with Gasteiger partial charge in [-0.1, -0.05) is 29.3 Å². The molecule has 1 aliphatic rings. The largest absolute Gasteiger partial charge is 0.494 e.